The van der Waals surface area contributed by atoms with Crippen LogP contribution in [0.3, 0.4) is 0 Å². The van der Waals surface area contributed by atoms with E-state index < -0.39 is 0 Å². The highest BCUT2D eigenvalue weighted by Gasteiger charge is 2.21. The molecule has 0 atom stereocenters. The van der Waals surface area contributed by atoms with E-state index in [0.29, 0.717) is 34.8 Å². The smallest absolute Gasteiger partial charge is 0.230 e. The number of amides is 1. The summed E-state index contributed by atoms with van der Waals surface area (Å²) in [5.41, 5.74) is 0.755. The fraction of sp³-hybridized carbons (Fsp3) is 0.150. The maximum absolute atomic E-state index is 12.2. The molecule has 0 bridgehead atoms. The van der Waals surface area contributed by atoms with E-state index in [0.717, 1.165) is 5.69 Å². The molecule has 0 spiro atoms. The van der Waals surface area contributed by atoms with Gasteiger partial charge in [0.1, 0.15) is 11.5 Å². The number of nitrogens with zero attached hydrogens (tertiary/aromatic N) is 3. The lowest BCUT2D eigenvalue weighted by atomic mass is 10.3. The van der Waals surface area contributed by atoms with Crippen LogP contribution in [-0.2, 0) is 11.3 Å². The second-order valence-electron chi connectivity index (χ2n) is 5.94. The second-order valence-corrected chi connectivity index (χ2v) is 6.88. The number of carbonyl (C=O) groups excluding carboxylic acids is 1. The molecule has 0 unspecified atom stereocenters. The van der Waals surface area contributed by atoms with Gasteiger partial charge in [-0.15, -0.1) is 10.2 Å². The molecule has 1 aromatic carbocycles. The topological polar surface area (TPSA) is 95.3 Å². The van der Waals surface area contributed by atoms with Crippen LogP contribution in [0, 0.1) is 0 Å². The van der Waals surface area contributed by atoms with E-state index in [1.807, 2.05) is 28.8 Å². The fourth-order valence-electron chi connectivity index (χ4n) is 2.74. The van der Waals surface area contributed by atoms with Crippen molar-refractivity contribution in [3.05, 3.63) is 66.8 Å². The molecule has 3 aromatic heterocycles. The molecule has 1 N–H and O–H groups in total. The molecule has 8 nitrogen and oxygen atoms in total. The summed E-state index contributed by atoms with van der Waals surface area (Å²) in [7, 11) is 1.60. The third-order valence-electron chi connectivity index (χ3n) is 4.07. The quantitative estimate of drug-likeness (QED) is 0.444. The number of methoxy groups -OCH3 is 1. The summed E-state index contributed by atoms with van der Waals surface area (Å²) in [6.45, 7) is 0.337. The van der Waals surface area contributed by atoms with E-state index in [9.17, 15) is 4.79 Å². The number of para-hydroxylation sites is 2. The van der Waals surface area contributed by atoms with Crippen molar-refractivity contribution in [3.8, 4) is 23.0 Å². The Kier molecular flexibility index (Phi) is 5.66. The average Bonchev–Trinajstić information content (AvgIpc) is 3.52. The van der Waals surface area contributed by atoms with Crippen LogP contribution >= 0.6 is 11.8 Å². The molecule has 3 heterocycles. The first-order chi connectivity index (χ1) is 14.3. The first-order valence-corrected chi connectivity index (χ1v) is 9.79. The van der Waals surface area contributed by atoms with Gasteiger partial charge in [0, 0.05) is 0 Å². The van der Waals surface area contributed by atoms with Crippen LogP contribution < -0.4 is 10.1 Å². The normalized spacial score (nSPS) is 10.8. The van der Waals surface area contributed by atoms with Crippen LogP contribution in [0.2, 0.25) is 0 Å². The van der Waals surface area contributed by atoms with Gasteiger partial charge >= 0.3 is 0 Å². The Bertz CT molecular complexity index is 1070. The van der Waals surface area contributed by atoms with Crippen LogP contribution in [0.4, 0.5) is 0 Å². The van der Waals surface area contributed by atoms with Crippen molar-refractivity contribution in [1.82, 2.24) is 20.1 Å². The summed E-state index contributed by atoms with van der Waals surface area (Å²) < 4.78 is 18.1. The van der Waals surface area contributed by atoms with Crippen molar-refractivity contribution in [2.24, 2.45) is 0 Å². The number of hydrogen-bond acceptors (Lipinski definition) is 7. The molecule has 0 aliphatic rings. The number of rotatable bonds is 8. The number of hydrogen-bond donors (Lipinski definition) is 1. The minimum Gasteiger partial charge on any atom is -0.495 e. The molecule has 148 valence electrons. The summed E-state index contributed by atoms with van der Waals surface area (Å²) in [5.74, 6) is 2.48. The Morgan fingerprint density at radius 1 is 1.10 bits per heavy atom. The lowest BCUT2D eigenvalue weighted by Gasteiger charge is -2.13. The monoisotopic (exact) mass is 410 g/mol. The van der Waals surface area contributed by atoms with E-state index in [2.05, 4.69) is 15.5 Å². The Morgan fingerprint density at radius 2 is 1.93 bits per heavy atom. The van der Waals surface area contributed by atoms with Gasteiger partial charge in [0.2, 0.25) is 11.7 Å². The van der Waals surface area contributed by atoms with Crippen LogP contribution in [0.25, 0.3) is 17.3 Å². The van der Waals surface area contributed by atoms with Crippen molar-refractivity contribution in [2.45, 2.75) is 11.7 Å². The highest BCUT2D eigenvalue weighted by atomic mass is 32.2. The molecular formula is C20H18N4O4S. The second kappa shape index (κ2) is 8.70. The lowest BCUT2D eigenvalue weighted by Crippen LogP contribution is -2.24. The van der Waals surface area contributed by atoms with Crippen LogP contribution in [0.15, 0.2) is 75.0 Å². The number of furan rings is 2. The molecule has 4 aromatic rings. The van der Waals surface area contributed by atoms with E-state index in [1.165, 1.54) is 11.8 Å². The molecule has 0 saturated heterocycles. The van der Waals surface area contributed by atoms with Crippen molar-refractivity contribution in [2.75, 3.05) is 12.9 Å². The maximum atomic E-state index is 12.2. The molecule has 4 rings (SSSR count). The van der Waals surface area contributed by atoms with Gasteiger partial charge < -0.3 is 18.9 Å². The number of nitrogens with one attached hydrogen (secondary N) is 1. The highest BCUT2D eigenvalue weighted by molar-refractivity contribution is 7.99. The highest BCUT2D eigenvalue weighted by Crippen LogP contribution is 2.32. The van der Waals surface area contributed by atoms with Crippen LogP contribution in [0.5, 0.6) is 5.75 Å². The van der Waals surface area contributed by atoms with Crippen LogP contribution in [-0.4, -0.2) is 33.5 Å². The van der Waals surface area contributed by atoms with Gasteiger partial charge in [-0.25, -0.2) is 0 Å². The van der Waals surface area contributed by atoms with Gasteiger partial charge in [0.25, 0.3) is 0 Å². The van der Waals surface area contributed by atoms with Gasteiger partial charge in [-0.3, -0.25) is 9.36 Å². The molecule has 29 heavy (non-hydrogen) atoms. The first-order valence-electron chi connectivity index (χ1n) is 8.81. The zero-order chi connectivity index (χ0) is 20.1. The zero-order valence-corrected chi connectivity index (χ0v) is 16.4. The summed E-state index contributed by atoms with van der Waals surface area (Å²) >= 11 is 1.27. The Hall–Kier alpha value is -3.46. The number of carbonyl (C=O) groups is 1. The van der Waals surface area contributed by atoms with Gasteiger partial charge in [-0.2, -0.15) is 0 Å². The third-order valence-corrected chi connectivity index (χ3v) is 5.00. The van der Waals surface area contributed by atoms with E-state index in [1.54, 1.807) is 43.9 Å². The molecule has 0 saturated carbocycles. The molecule has 0 radical (unpaired) electrons. The molecule has 1 amide bonds. The number of benzene rings is 1. The largest absolute Gasteiger partial charge is 0.495 e. The number of thioether (sulfide) groups is 1. The zero-order valence-electron chi connectivity index (χ0n) is 15.6. The number of aromatic nitrogens is 3. The minimum atomic E-state index is -0.138. The van der Waals surface area contributed by atoms with Gasteiger partial charge in [0.05, 0.1) is 37.6 Å². The lowest BCUT2D eigenvalue weighted by molar-refractivity contribution is -0.118. The summed E-state index contributed by atoms with van der Waals surface area (Å²) in [6.07, 6.45) is 3.15. The Morgan fingerprint density at radius 3 is 2.69 bits per heavy atom. The minimum absolute atomic E-state index is 0.138. The van der Waals surface area contributed by atoms with Crippen molar-refractivity contribution >= 4 is 17.7 Å². The van der Waals surface area contributed by atoms with Crippen molar-refractivity contribution < 1.29 is 18.4 Å². The maximum Gasteiger partial charge on any atom is 0.230 e. The summed E-state index contributed by atoms with van der Waals surface area (Å²) in [5, 5.41) is 11.9. The molecular weight excluding hydrogens is 392 g/mol. The Balaban J connectivity index is 1.57. The third kappa shape index (κ3) is 4.19. The predicted molar refractivity (Wildman–Crippen MR) is 107 cm³/mol. The standard InChI is InChI=1S/C20H18N4O4S/c1-26-16-8-3-2-7-15(16)24-19(17-9-5-11-28-17)22-23-20(24)29-13-18(25)21-12-14-6-4-10-27-14/h2-11H,12-13H2,1H3,(H,21,25). The van der Waals surface area contributed by atoms with Crippen molar-refractivity contribution in [1.29, 1.82) is 0 Å². The van der Waals surface area contributed by atoms with Gasteiger partial charge in [-0.05, 0) is 36.4 Å². The summed E-state index contributed by atoms with van der Waals surface area (Å²) in [4.78, 5) is 12.2. The van der Waals surface area contributed by atoms with E-state index in [-0.39, 0.29) is 11.7 Å². The van der Waals surface area contributed by atoms with Crippen LogP contribution in [0.1, 0.15) is 5.76 Å². The number of ether oxygens (including phenoxy) is 1. The predicted octanol–water partition coefficient (Wildman–Crippen LogP) is 3.54. The Labute approximate surface area is 170 Å². The molecule has 0 aliphatic heterocycles. The summed E-state index contributed by atoms with van der Waals surface area (Å²) in [6, 6.07) is 14.7. The average molecular weight is 410 g/mol. The van der Waals surface area contributed by atoms with E-state index >= 15 is 0 Å². The van der Waals surface area contributed by atoms with E-state index in [4.69, 9.17) is 13.6 Å². The molecule has 9 heteroatoms. The van der Waals surface area contributed by atoms with Crippen molar-refractivity contribution in [3.63, 3.8) is 0 Å². The molecule has 0 fully saturated rings. The SMILES string of the molecule is COc1ccccc1-n1c(SCC(=O)NCc2ccco2)nnc1-c1ccco1. The molecule has 0 aliphatic carbocycles. The first kappa shape index (κ1) is 18.9. The fourth-order valence-corrected chi connectivity index (χ4v) is 3.52. The van der Waals surface area contributed by atoms with Gasteiger partial charge in [0.15, 0.2) is 10.9 Å². The van der Waals surface area contributed by atoms with Gasteiger partial charge in [-0.1, -0.05) is 23.9 Å².